The molecular formula is C24H49N3. The number of hydrogen-bond donors (Lipinski definition) is 3. The second-order valence-corrected chi connectivity index (χ2v) is 10.5. The summed E-state index contributed by atoms with van der Waals surface area (Å²) in [5.74, 6) is 0. The Morgan fingerprint density at radius 2 is 1.15 bits per heavy atom. The molecule has 2 rings (SSSR count). The fraction of sp³-hybridized carbons (Fsp3) is 1.00. The molecule has 1 saturated heterocycles. The fourth-order valence-electron chi connectivity index (χ4n) is 5.02. The summed E-state index contributed by atoms with van der Waals surface area (Å²) in [7, 11) is 0. The summed E-state index contributed by atoms with van der Waals surface area (Å²) < 4.78 is 0. The van der Waals surface area contributed by atoms with E-state index in [9.17, 15) is 0 Å². The lowest BCUT2D eigenvalue weighted by Crippen LogP contribution is -2.56. The highest BCUT2D eigenvalue weighted by atomic mass is 15.3. The van der Waals surface area contributed by atoms with Gasteiger partial charge >= 0.3 is 0 Å². The molecular weight excluding hydrogens is 330 g/mol. The normalized spacial score (nSPS) is 23.9. The average Bonchev–Trinajstić information content (AvgIpc) is 2.78. The lowest BCUT2D eigenvalue weighted by atomic mass is 9.85. The zero-order chi connectivity index (χ0) is 19.8. The molecule has 1 saturated carbocycles. The quantitative estimate of drug-likeness (QED) is 0.370. The third-order valence-corrected chi connectivity index (χ3v) is 7.47. The molecule has 0 aromatic carbocycles. The zero-order valence-corrected chi connectivity index (χ0v) is 19.2. The van der Waals surface area contributed by atoms with Gasteiger partial charge in [-0.3, -0.25) is 10.6 Å². The SMILES string of the molecule is CCCCCCCCCCCCNC1CCC2(CC1)NC(C)(C)C(C)(C)N2. The molecule has 2 aliphatic rings. The Kier molecular flexibility index (Phi) is 9.09. The van der Waals surface area contributed by atoms with Crippen LogP contribution in [0.2, 0.25) is 0 Å². The van der Waals surface area contributed by atoms with Crippen LogP contribution in [0.4, 0.5) is 0 Å². The predicted molar refractivity (Wildman–Crippen MR) is 119 cm³/mol. The van der Waals surface area contributed by atoms with Crippen molar-refractivity contribution in [3.63, 3.8) is 0 Å². The molecule has 1 spiro atoms. The summed E-state index contributed by atoms with van der Waals surface area (Å²) in [6.45, 7) is 12.9. The summed E-state index contributed by atoms with van der Waals surface area (Å²) in [5, 5.41) is 11.7. The maximum Gasteiger partial charge on any atom is 0.0697 e. The minimum absolute atomic E-state index is 0.156. The fourth-order valence-corrected chi connectivity index (χ4v) is 5.02. The maximum atomic E-state index is 3.93. The van der Waals surface area contributed by atoms with Gasteiger partial charge < -0.3 is 5.32 Å². The predicted octanol–water partition coefficient (Wildman–Crippen LogP) is 5.89. The van der Waals surface area contributed by atoms with Gasteiger partial charge in [-0.05, 0) is 66.3 Å². The molecule has 0 radical (unpaired) electrons. The van der Waals surface area contributed by atoms with Gasteiger partial charge in [0, 0.05) is 17.1 Å². The molecule has 0 bridgehead atoms. The van der Waals surface area contributed by atoms with Crippen molar-refractivity contribution in [2.24, 2.45) is 0 Å². The number of unbranched alkanes of at least 4 members (excludes halogenated alkanes) is 9. The second kappa shape index (κ2) is 10.6. The van der Waals surface area contributed by atoms with Gasteiger partial charge in [-0.25, -0.2) is 0 Å². The van der Waals surface area contributed by atoms with Crippen molar-refractivity contribution in [1.82, 2.24) is 16.0 Å². The topological polar surface area (TPSA) is 36.1 Å². The van der Waals surface area contributed by atoms with Gasteiger partial charge in [-0.2, -0.15) is 0 Å². The molecule has 0 unspecified atom stereocenters. The van der Waals surface area contributed by atoms with E-state index in [1.165, 1.54) is 96.4 Å². The molecule has 1 heterocycles. The molecule has 3 heteroatoms. The van der Waals surface area contributed by atoms with Gasteiger partial charge in [0.25, 0.3) is 0 Å². The van der Waals surface area contributed by atoms with E-state index in [-0.39, 0.29) is 16.7 Å². The Morgan fingerprint density at radius 1 is 0.704 bits per heavy atom. The molecule has 1 aliphatic heterocycles. The summed E-state index contributed by atoms with van der Waals surface area (Å²) in [6, 6.07) is 0.726. The Hall–Kier alpha value is -0.120. The summed E-state index contributed by atoms with van der Waals surface area (Å²) >= 11 is 0. The molecule has 3 nitrogen and oxygen atoms in total. The van der Waals surface area contributed by atoms with Crippen LogP contribution >= 0.6 is 0 Å². The number of hydrogen-bond acceptors (Lipinski definition) is 3. The molecule has 27 heavy (non-hydrogen) atoms. The Balaban J connectivity index is 1.48. The molecule has 0 aromatic heterocycles. The van der Waals surface area contributed by atoms with Crippen LogP contribution in [-0.2, 0) is 0 Å². The Morgan fingerprint density at radius 3 is 1.63 bits per heavy atom. The second-order valence-electron chi connectivity index (χ2n) is 10.5. The minimum atomic E-state index is 0.156. The van der Waals surface area contributed by atoms with Gasteiger partial charge in [0.2, 0.25) is 0 Å². The van der Waals surface area contributed by atoms with E-state index in [1.807, 2.05) is 0 Å². The highest BCUT2D eigenvalue weighted by molar-refractivity contribution is 5.14. The Bertz CT molecular complexity index is 390. The van der Waals surface area contributed by atoms with E-state index in [0.29, 0.717) is 0 Å². The summed E-state index contributed by atoms with van der Waals surface area (Å²) in [6.07, 6.45) is 19.3. The zero-order valence-electron chi connectivity index (χ0n) is 19.2. The van der Waals surface area contributed by atoms with Crippen LogP contribution in [0.15, 0.2) is 0 Å². The van der Waals surface area contributed by atoms with E-state index < -0.39 is 0 Å². The van der Waals surface area contributed by atoms with Crippen molar-refractivity contribution >= 4 is 0 Å². The highest BCUT2D eigenvalue weighted by Gasteiger charge is 2.53. The monoisotopic (exact) mass is 379 g/mol. The van der Waals surface area contributed by atoms with Gasteiger partial charge in [-0.1, -0.05) is 64.7 Å². The Labute approximate surface area is 170 Å². The smallest absolute Gasteiger partial charge is 0.0697 e. The van der Waals surface area contributed by atoms with Crippen molar-refractivity contribution in [1.29, 1.82) is 0 Å². The van der Waals surface area contributed by atoms with Gasteiger partial charge in [0.1, 0.15) is 0 Å². The van der Waals surface area contributed by atoms with Crippen molar-refractivity contribution in [2.75, 3.05) is 6.54 Å². The van der Waals surface area contributed by atoms with Gasteiger partial charge in [0.05, 0.1) is 5.66 Å². The first-order valence-corrected chi connectivity index (χ1v) is 12.1. The number of rotatable bonds is 12. The van der Waals surface area contributed by atoms with Crippen LogP contribution in [0, 0.1) is 0 Å². The van der Waals surface area contributed by atoms with Crippen LogP contribution in [-0.4, -0.2) is 29.3 Å². The molecule has 160 valence electrons. The van der Waals surface area contributed by atoms with E-state index in [4.69, 9.17) is 0 Å². The number of nitrogens with one attached hydrogen (secondary N) is 3. The molecule has 0 atom stereocenters. The van der Waals surface area contributed by atoms with Crippen LogP contribution in [0.5, 0.6) is 0 Å². The molecule has 3 N–H and O–H groups in total. The van der Waals surface area contributed by atoms with Gasteiger partial charge in [0.15, 0.2) is 0 Å². The van der Waals surface area contributed by atoms with Crippen molar-refractivity contribution < 1.29 is 0 Å². The first-order valence-electron chi connectivity index (χ1n) is 12.1. The molecule has 0 aromatic rings. The summed E-state index contributed by atoms with van der Waals surface area (Å²) in [4.78, 5) is 0. The lowest BCUT2D eigenvalue weighted by Gasteiger charge is -2.39. The first-order chi connectivity index (χ1) is 12.8. The van der Waals surface area contributed by atoms with E-state index in [2.05, 4.69) is 50.6 Å². The van der Waals surface area contributed by atoms with Crippen molar-refractivity contribution in [3.05, 3.63) is 0 Å². The van der Waals surface area contributed by atoms with E-state index in [1.54, 1.807) is 0 Å². The van der Waals surface area contributed by atoms with Crippen LogP contribution in [0.3, 0.4) is 0 Å². The largest absolute Gasteiger partial charge is 0.314 e. The molecule has 0 amide bonds. The van der Waals surface area contributed by atoms with E-state index >= 15 is 0 Å². The molecule has 2 fully saturated rings. The highest BCUT2D eigenvalue weighted by Crippen LogP contribution is 2.39. The van der Waals surface area contributed by atoms with Crippen molar-refractivity contribution in [2.45, 2.75) is 147 Å². The van der Waals surface area contributed by atoms with Gasteiger partial charge in [-0.15, -0.1) is 0 Å². The third-order valence-electron chi connectivity index (χ3n) is 7.47. The van der Waals surface area contributed by atoms with Crippen LogP contribution < -0.4 is 16.0 Å². The summed E-state index contributed by atoms with van der Waals surface area (Å²) in [5.41, 5.74) is 0.481. The van der Waals surface area contributed by atoms with Crippen LogP contribution in [0.1, 0.15) is 125 Å². The molecule has 1 aliphatic carbocycles. The third kappa shape index (κ3) is 7.01. The average molecular weight is 380 g/mol. The first kappa shape index (κ1) is 23.2. The van der Waals surface area contributed by atoms with E-state index in [0.717, 1.165) is 6.04 Å². The van der Waals surface area contributed by atoms with Crippen LogP contribution in [0.25, 0.3) is 0 Å². The standard InChI is InChI=1S/C24H49N3/c1-6-7-8-9-10-11-12-13-14-15-20-25-21-16-18-24(19-17-21)26-22(2,3)23(4,5)27-24/h21,25-27H,6-20H2,1-5H3. The minimum Gasteiger partial charge on any atom is -0.314 e. The van der Waals surface area contributed by atoms with Crippen molar-refractivity contribution in [3.8, 4) is 0 Å². The maximum absolute atomic E-state index is 3.93. The lowest BCUT2D eigenvalue weighted by molar-refractivity contribution is 0.184.